The lowest BCUT2D eigenvalue weighted by molar-refractivity contribution is 0.169. The molecule has 13 heavy (non-hydrogen) atoms. The third-order valence-corrected chi connectivity index (χ3v) is 1.79. The number of aliphatic hydroxyl groups excluding tert-OH is 1. The highest BCUT2D eigenvalue weighted by Gasteiger charge is 2.07. The number of aliphatic hydroxyl groups is 1. The van der Waals surface area contributed by atoms with E-state index in [1.54, 1.807) is 25.4 Å². The van der Waals surface area contributed by atoms with Crippen molar-refractivity contribution in [2.45, 2.75) is 12.5 Å². The molecule has 0 amide bonds. The fraction of sp³-hybridized carbons (Fsp3) is 0.444. The molecule has 0 bridgehead atoms. The molecule has 1 aromatic rings. The van der Waals surface area contributed by atoms with Crippen LogP contribution in [0.3, 0.4) is 0 Å². The van der Waals surface area contributed by atoms with Gasteiger partial charge in [0.25, 0.3) is 0 Å². The minimum atomic E-state index is -0.526. The Bertz CT molecular complexity index is 266. The average Bonchev–Trinajstić information content (AvgIpc) is 2.18. The Kier molecular flexibility index (Phi) is 3.67. The van der Waals surface area contributed by atoms with Crippen LogP contribution in [0.15, 0.2) is 18.3 Å². The van der Waals surface area contributed by atoms with Crippen molar-refractivity contribution in [2.75, 3.05) is 13.7 Å². The predicted molar refractivity (Wildman–Crippen MR) is 49.4 cm³/mol. The summed E-state index contributed by atoms with van der Waals surface area (Å²) in [5.41, 5.74) is 6.12. The summed E-state index contributed by atoms with van der Waals surface area (Å²) in [5, 5.41) is 9.58. The Hall–Kier alpha value is -1.13. The molecule has 1 heterocycles. The average molecular weight is 182 g/mol. The lowest BCUT2D eigenvalue weighted by atomic mass is 10.1. The largest absolute Gasteiger partial charge is 0.481 e. The summed E-state index contributed by atoms with van der Waals surface area (Å²) >= 11 is 0. The van der Waals surface area contributed by atoms with Gasteiger partial charge in [-0.25, -0.2) is 4.98 Å². The van der Waals surface area contributed by atoms with Gasteiger partial charge >= 0.3 is 0 Å². The predicted octanol–water partition coefficient (Wildman–Crippen LogP) is 0.472. The molecule has 4 nitrogen and oxygen atoms in total. The van der Waals surface area contributed by atoms with Gasteiger partial charge in [-0.05, 0) is 24.6 Å². The van der Waals surface area contributed by atoms with Crippen LogP contribution in [0.2, 0.25) is 0 Å². The molecule has 0 aliphatic heterocycles. The van der Waals surface area contributed by atoms with E-state index in [2.05, 4.69) is 4.98 Å². The molecule has 0 saturated heterocycles. The first-order valence-corrected chi connectivity index (χ1v) is 4.16. The Morgan fingerprint density at radius 1 is 1.69 bits per heavy atom. The summed E-state index contributed by atoms with van der Waals surface area (Å²) in [6.45, 7) is 0.464. The molecule has 1 rings (SSSR count). The Morgan fingerprint density at radius 2 is 2.46 bits per heavy atom. The van der Waals surface area contributed by atoms with Crippen molar-refractivity contribution >= 4 is 0 Å². The van der Waals surface area contributed by atoms with Crippen LogP contribution in [0.4, 0.5) is 0 Å². The molecule has 0 spiro atoms. The van der Waals surface area contributed by atoms with E-state index in [4.69, 9.17) is 10.5 Å². The van der Waals surface area contributed by atoms with Gasteiger partial charge in [0.1, 0.15) is 0 Å². The van der Waals surface area contributed by atoms with Crippen LogP contribution < -0.4 is 10.5 Å². The fourth-order valence-corrected chi connectivity index (χ4v) is 1.07. The van der Waals surface area contributed by atoms with Crippen LogP contribution in [0.1, 0.15) is 18.1 Å². The van der Waals surface area contributed by atoms with Gasteiger partial charge in [-0.3, -0.25) is 0 Å². The smallest absolute Gasteiger partial charge is 0.213 e. The molecule has 0 unspecified atom stereocenters. The van der Waals surface area contributed by atoms with Crippen molar-refractivity contribution in [1.82, 2.24) is 4.98 Å². The molecule has 0 aliphatic rings. The van der Waals surface area contributed by atoms with E-state index < -0.39 is 6.10 Å². The topological polar surface area (TPSA) is 68.4 Å². The number of ether oxygens (including phenoxy) is 1. The molecule has 0 radical (unpaired) electrons. The van der Waals surface area contributed by atoms with E-state index in [0.717, 1.165) is 5.56 Å². The maximum absolute atomic E-state index is 9.58. The first-order valence-electron chi connectivity index (χ1n) is 4.16. The Labute approximate surface area is 77.4 Å². The molecule has 0 saturated carbocycles. The molecule has 0 aromatic carbocycles. The SMILES string of the molecule is COc1cc([C@H](O)CCN)ccn1. The summed E-state index contributed by atoms with van der Waals surface area (Å²) in [6, 6.07) is 3.46. The molecule has 1 atom stereocenters. The monoisotopic (exact) mass is 182 g/mol. The second-order valence-electron chi connectivity index (χ2n) is 2.72. The zero-order valence-corrected chi connectivity index (χ0v) is 7.60. The van der Waals surface area contributed by atoms with Gasteiger partial charge in [-0.1, -0.05) is 0 Å². The third kappa shape index (κ3) is 2.68. The summed E-state index contributed by atoms with van der Waals surface area (Å²) in [5.74, 6) is 0.508. The minimum absolute atomic E-state index is 0.464. The molecule has 3 N–H and O–H groups in total. The van der Waals surface area contributed by atoms with E-state index in [-0.39, 0.29) is 0 Å². The summed E-state index contributed by atoms with van der Waals surface area (Å²) in [7, 11) is 1.54. The van der Waals surface area contributed by atoms with Crippen LogP contribution in [-0.4, -0.2) is 23.7 Å². The maximum Gasteiger partial charge on any atom is 0.213 e. The second-order valence-corrected chi connectivity index (χ2v) is 2.72. The molecular weight excluding hydrogens is 168 g/mol. The highest BCUT2D eigenvalue weighted by atomic mass is 16.5. The number of methoxy groups -OCH3 is 1. The molecule has 0 aliphatic carbocycles. The molecule has 1 aromatic heterocycles. The number of hydrogen-bond acceptors (Lipinski definition) is 4. The van der Waals surface area contributed by atoms with E-state index in [1.165, 1.54) is 0 Å². The van der Waals surface area contributed by atoms with Gasteiger partial charge in [0.2, 0.25) is 5.88 Å². The quantitative estimate of drug-likeness (QED) is 0.710. The van der Waals surface area contributed by atoms with Crippen LogP contribution in [0, 0.1) is 0 Å². The van der Waals surface area contributed by atoms with Crippen LogP contribution >= 0.6 is 0 Å². The fourth-order valence-electron chi connectivity index (χ4n) is 1.07. The highest BCUT2D eigenvalue weighted by Crippen LogP contribution is 2.18. The Morgan fingerprint density at radius 3 is 3.08 bits per heavy atom. The summed E-state index contributed by atoms with van der Waals surface area (Å²) < 4.78 is 4.93. The zero-order chi connectivity index (χ0) is 9.68. The van der Waals surface area contributed by atoms with Gasteiger partial charge in [0.15, 0.2) is 0 Å². The van der Waals surface area contributed by atoms with Crippen LogP contribution in [0.25, 0.3) is 0 Å². The maximum atomic E-state index is 9.58. The van der Waals surface area contributed by atoms with Crippen LogP contribution in [0.5, 0.6) is 5.88 Å². The van der Waals surface area contributed by atoms with Crippen molar-refractivity contribution in [3.8, 4) is 5.88 Å². The standard InChI is InChI=1S/C9H14N2O2/c1-13-9-6-7(3-5-11-9)8(12)2-4-10/h3,5-6,8,12H,2,4,10H2,1H3/t8-/m1/s1. The van der Waals surface area contributed by atoms with Crippen molar-refractivity contribution < 1.29 is 9.84 Å². The van der Waals surface area contributed by atoms with Crippen LogP contribution in [-0.2, 0) is 0 Å². The number of hydrogen-bond donors (Lipinski definition) is 2. The minimum Gasteiger partial charge on any atom is -0.481 e. The van der Waals surface area contributed by atoms with E-state index >= 15 is 0 Å². The summed E-state index contributed by atoms with van der Waals surface area (Å²) in [4.78, 5) is 3.94. The van der Waals surface area contributed by atoms with Crippen molar-refractivity contribution in [3.63, 3.8) is 0 Å². The van der Waals surface area contributed by atoms with Gasteiger partial charge in [-0.15, -0.1) is 0 Å². The highest BCUT2D eigenvalue weighted by molar-refractivity contribution is 5.22. The number of rotatable bonds is 4. The van der Waals surface area contributed by atoms with Crippen molar-refractivity contribution in [1.29, 1.82) is 0 Å². The van der Waals surface area contributed by atoms with Crippen molar-refractivity contribution in [2.24, 2.45) is 5.73 Å². The molecule has 4 heteroatoms. The molecular formula is C9H14N2O2. The molecule has 0 fully saturated rings. The molecule has 72 valence electrons. The summed E-state index contributed by atoms with van der Waals surface area (Å²) in [6.07, 6.45) is 1.63. The second kappa shape index (κ2) is 4.79. The number of aromatic nitrogens is 1. The first kappa shape index (κ1) is 9.95. The number of pyridine rings is 1. The Balaban J connectivity index is 2.75. The van der Waals surface area contributed by atoms with Gasteiger partial charge in [0, 0.05) is 12.3 Å². The van der Waals surface area contributed by atoms with Gasteiger partial charge < -0.3 is 15.6 Å². The van der Waals surface area contributed by atoms with Gasteiger partial charge in [0.05, 0.1) is 13.2 Å². The number of nitrogens with zero attached hydrogens (tertiary/aromatic N) is 1. The van der Waals surface area contributed by atoms with E-state index in [0.29, 0.717) is 18.8 Å². The first-order chi connectivity index (χ1) is 6.27. The normalized spacial score (nSPS) is 12.5. The third-order valence-electron chi connectivity index (χ3n) is 1.79. The van der Waals surface area contributed by atoms with E-state index in [9.17, 15) is 5.11 Å². The lowest BCUT2D eigenvalue weighted by Gasteiger charge is -2.09. The zero-order valence-electron chi connectivity index (χ0n) is 7.60. The van der Waals surface area contributed by atoms with E-state index in [1.807, 2.05) is 0 Å². The number of nitrogens with two attached hydrogens (primary N) is 1. The van der Waals surface area contributed by atoms with Crippen molar-refractivity contribution in [3.05, 3.63) is 23.9 Å². The van der Waals surface area contributed by atoms with Gasteiger partial charge in [-0.2, -0.15) is 0 Å². The lowest BCUT2D eigenvalue weighted by Crippen LogP contribution is -2.06.